The van der Waals surface area contributed by atoms with Crippen LogP contribution in [0.4, 0.5) is 52.7 Å². The molecule has 0 spiro atoms. The number of halogens is 12. The van der Waals surface area contributed by atoms with Gasteiger partial charge in [0.2, 0.25) is 0 Å². The van der Waals surface area contributed by atoms with Gasteiger partial charge in [0.1, 0.15) is 0 Å². The Morgan fingerprint density at radius 3 is 1.10 bits per heavy atom. The van der Waals surface area contributed by atoms with Gasteiger partial charge in [-0.15, -0.1) is 0 Å². The maximum absolute atomic E-state index is 13.6. The third kappa shape index (κ3) is 4.44. The van der Waals surface area contributed by atoms with Crippen LogP contribution in [0.3, 0.4) is 0 Å². The van der Waals surface area contributed by atoms with Crippen molar-refractivity contribution in [3.05, 3.63) is 12.8 Å². The Bertz CT molecular complexity index is 543. The third-order valence-electron chi connectivity index (χ3n) is 5.43. The Balaban J connectivity index is 3.76. The SMILES string of the molecule is C=COC1CC(C(OC)(C(F)(F)F)C(F)(F)F)CC(C(OC)(C(F)(F)F)C(F)(F)F)C1. The molecule has 1 saturated carbocycles. The molecule has 1 aliphatic rings. The van der Waals surface area contributed by atoms with Crippen LogP contribution in [-0.2, 0) is 14.2 Å². The fraction of sp³-hybridized carbons (Fsp3) is 0.875. The fourth-order valence-corrected chi connectivity index (χ4v) is 4.22. The molecule has 0 radical (unpaired) electrons. The van der Waals surface area contributed by atoms with Crippen LogP contribution >= 0.6 is 0 Å². The molecular formula is C16H18F12O3. The van der Waals surface area contributed by atoms with Crippen molar-refractivity contribution in [1.29, 1.82) is 0 Å². The van der Waals surface area contributed by atoms with Crippen LogP contribution in [0.5, 0.6) is 0 Å². The smallest absolute Gasteiger partial charge is 0.426 e. The highest BCUT2D eigenvalue weighted by molar-refractivity contribution is 5.09. The van der Waals surface area contributed by atoms with Gasteiger partial charge < -0.3 is 14.2 Å². The van der Waals surface area contributed by atoms with Crippen molar-refractivity contribution in [3.8, 4) is 0 Å². The minimum absolute atomic E-state index is 0.0189. The predicted molar refractivity (Wildman–Crippen MR) is 79.6 cm³/mol. The number of ether oxygens (including phenoxy) is 3. The van der Waals surface area contributed by atoms with Crippen molar-refractivity contribution in [2.24, 2.45) is 11.8 Å². The van der Waals surface area contributed by atoms with Gasteiger partial charge in [-0.05, 0) is 19.3 Å². The van der Waals surface area contributed by atoms with Gasteiger partial charge in [-0.2, -0.15) is 52.7 Å². The molecule has 184 valence electrons. The van der Waals surface area contributed by atoms with Crippen molar-refractivity contribution in [2.45, 2.75) is 61.3 Å². The summed E-state index contributed by atoms with van der Waals surface area (Å²) in [5, 5.41) is 0. The van der Waals surface area contributed by atoms with Gasteiger partial charge in [-0.1, -0.05) is 6.58 Å². The zero-order valence-electron chi connectivity index (χ0n) is 15.9. The first-order valence-corrected chi connectivity index (χ1v) is 8.40. The van der Waals surface area contributed by atoms with Crippen molar-refractivity contribution in [2.75, 3.05) is 14.2 Å². The molecule has 0 aliphatic heterocycles. The lowest BCUT2D eigenvalue weighted by Gasteiger charge is -2.50. The zero-order valence-corrected chi connectivity index (χ0v) is 15.9. The summed E-state index contributed by atoms with van der Waals surface area (Å²) in [6, 6.07) is 0. The van der Waals surface area contributed by atoms with Crippen LogP contribution in [-0.4, -0.2) is 56.2 Å². The van der Waals surface area contributed by atoms with E-state index in [4.69, 9.17) is 0 Å². The van der Waals surface area contributed by atoms with E-state index in [1.54, 1.807) is 0 Å². The van der Waals surface area contributed by atoms with E-state index in [0.717, 1.165) is 0 Å². The van der Waals surface area contributed by atoms with Crippen LogP contribution in [0, 0.1) is 11.8 Å². The molecule has 0 aromatic carbocycles. The fourth-order valence-electron chi connectivity index (χ4n) is 4.22. The van der Waals surface area contributed by atoms with Crippen LogP contribution in [0.15, 0.2) is 12.8 Å². The van der Waals surface area contributed by atoms with E-state index in [0.29, 0.717) is 6.26 Å². The predicted octanol–water partition coefficient (Wildman–Crippen LogP) is 5.95. The van der Waals surface area contributed by atoms with E-state index in [2.05, 4.69) is 20.8 Å². The van der Waals surface area contributed by atoms with Crippen molar-refractivity contribution >= 4 is 0 Å². The highest BCUT2D eigenvalue weighted by Crippen LogP contribution is 2.59. The van der Waals surface area contributed by atoms with E-state index in [9.17, 15) is 52.7 Å². The minimum Gasteiger partial charge on any atom is -0.499 e. The van der Waals surface area contributed by atoms with E-state index in [-0.39, 0.29) is 14.2 Å². The molecule has 0 heterocycles. The topological polar surface area (TPSA) is 27.7 Å². The summed E-state index contributed by atoms with van der Waals surface area (Å²) in [7, 11) is 0.0378. The first-order chi connectivity index (χ1) is 13.8. The Kier molecular flexibility index (Phi) is 7.60. The van der Waals surface area contributed by atoms with Crippen LogP contribution < -0.4 is 0 Å². The molecule has 0 aromatic heterocycles. The molecule has 15 heteroatoms. The number of rotatable bonds is 6. The quantitative estimate of drug-likeness (QED) is 0.343. The van der Waals surface area contributed by atoms with Gasteiger partial charge in [-0.3, -0.25) is 0 Å². The Hall–Kier alpha value is -1.38. The summed E-state index contributed by atoms with van der Waals surface area (Å²) in [5.41, 5.74) is -10.1. The summed E-state index contributed by atoms with van der Waals surface area (Å²) in [5.74, 6) is -5.83. The summed E-state index contributed by atoms with van der Waals surface area (Å²) in [6.45, 7) is 2.99. The molecule has 0 aromatic rings. The molecule has 3 nitrogen and oxygen atoms in total. The molecule has 31 heavy (non-hydrogen) atoms. The highest BCUT2D eigenvalue weighted by atomic mass is 19.4. The van der Waals surface area contributed by atoms with Crippen molar-refractivity contribution in [3.63, 3.8) is 0 Å². The first-order valence-electron chi connectivity index (χ1n) is 8.40. The lowest BCUT2D eigenvalue weighted by atomic mass is 9.65. The van der Waals surface area contributed by atoms with Crippen molar-refractivity contribution < 1.29 is 66.9 Å². The maximum Gasteiger partial charge on any atom is 0.426 e. The molecule has 1 fully saturated rings. The molecule has 2 atom stereocenters. The Morgan fingerprint density at radius 2 is 0.903 bits per heavy atom. The molecule has 2 unspecified atom stereocenters. The second-order valence-electron chi connectivity index (χ2n) is 6.90. The zero-order chi connectivity index (χ0) is 24.7. The summed E-state index contributed by atoms with van der Waals surface area (Å²) in [4.78, 5) is 0. The Labute approximate surface area is 168 Å². The van der Waals surface area contributed by atoms with Crippen LogP contribution in [0.1, 0.15) is 19.3 Å². The second-order valence-corrected chi connectivity index (χ2v) is 6.90. The van der Waals surface area contributed by atoms with Crippen LogP contribution in [0.2, 0.25) is 0 Å². The third-order valence-corrected chi connectivity index (χ3v) is 5.43. The molecule has 0 amide bonds. The first kappa shape index (κ1) is 27.7. The van der Waals surface area contributed by atoms with Gasteiger partial charge in [0.25, 0.3) is 11.2 Å². The number of methoxy groups -OCH3 is 2. The molecule has 1 rings (SSSR count). The summed E-state index contributed by atoms with van der Waals surface area (Å²) in [6.07, 6.45) is -30.5. The standard InChI is InChI=1S/C16H18F12O3/c1-4-31-10-6-8(11(29-2,13(17,18)19)14(20,21)22)5-9(7-10)12(30-3,15(23,24)25)16(26,27)28/h4,8-10H,1,5-7H2,2-3H3. The monoisotopic (exact) mass is 486 g/mol. The average Bonchev–Trinajstić information content (AvgIpc) is 2.51. The maximum atomic E-state index is 13.6. The molecule has 0 bridgehead atoms. The highest BCUT2D eigenvalue weighted by Gasteiger charge is 2.79. The lowest BCUT2D eigenvalue weighted by Crippen LogP contribution is -2.68. The summed E-state index contributed by atoms with van der Waals surface area (Å²) >= 11 is 0. The largest absolute Gasteiger partial charge is 0.499 e. The summed E-state index contributed by atoms with van der Waals surface area (Å²) < 4.78 is 175. The van der Waals surface area contributed by atoms with Gasteiger partial charge in [-0.25, -0.2) is 0 Å². The molecular weight excluding hydrogens is 468 g/mol. The second kappa shape index (κ2) is 8.52. The van der Waals surface area contributed by atoms with Gasteiger partial charge in [0.05, 0.1) is 12.4 Å². The Morgan fingerprint density at radius 1 is 0.613 bits per heavy atom. The lowest BCUT2D eigenvalue weighted by molar-refractivity contribution is -0.411. The normalized spacial score (nSPS) is 24.8. The molecule has 1 aliphatic carbocycles. The van der Waals surface area contributed by atoms with Gasteiger partial charge >= 0.3 is 24.7 Å². The average molecular weight is 486 g/mol. The van der Waals surface area contributed by atoms with Gasteiger partial charge in [0.15, 0.2) is 0 Å². The number of hydrogen-bond donors (Lipinski definition) is 0. The van der Waals surface area contributed by atoms with E-state index in [1.807, 2.05) is 0 Å². The van der Waals surface area contributed by atoms with Crippen molar-refractivity contribution in [1.82, 2.24) is 0 Å². The molecule has 0 N–H and O–H groups in total. The van der Waals surface area contributed by atoms with E-state index >= 15 is 0 Å². The molecule has 0 saturated heterocycles. The van der Waals surface area contributed by atoms with E-state index in [1.165, 1.54) is 0 Å². The van der Waals surface area contributed by atoms with E-state index < -0.39 is 73.1 Å². The van der Waals surface area contributed by atoms with Gasteiger partial charge in [0, 0.05) is 26.1 Å². The van der Waals surface area contributed by atoms with Crippen LogP contribution in [0.25, 0.3) is 0 Å². The number of hydrogen-bond acceptors (Lipinski definition) is 3. The minimum atomic E-state index is -6.22. The number of alkyl halides is 12.